The number of carbonyl (C=O) groups is 2. The van der Waals surface area contributed by atoms with Crippen molar-refractivity contribution < 1.29 is 9.59 Å². The van der Waals surface area contributed by atoms with E-state index in [9.17, 15) is 9.59 Å². The van der Waals surface area contributed by atoms with Crippen LogP contribution in [0, 0.1) is 0 Å². The molecule has 1 unspecified atom stereocenters. The van der Waals surface area contributed by atoms with E-state index < -0.39 is 0 Å². The molecule has 3 rings (SSSR count). The van der Waals surface area contributed by atoms with E-state index in [1.54, 1.807) is 6.07 Å². The van der Waals surface area contributed by atoms with Crippen molar-refractivity contribution in [3.05, 3.63) is 34.4 Å². The fourth-order valence-electron chi connectivity index (χ4n) is 2.63. The number of carbonyl (C=O) groups excluding carboxylic acids is 2. The summed E-state index contributed by atoms with van der Waals surface area (Å²) in [6.45, 7) is 0. The molecule has 1 aliphatic carbocycles. The second-order valence-electron chi connectivity index (χ2n) is 4.18. The summed E-state index contributed by atoms with van der Waals surface area (Å²) < 4.78 is 0. The molecule has 2 aliphatic rings. The van der Waals surface area contributed by atoms with Gasteiger partial charge in [0.1, 0.15) is 6.29 Å². The van der Waals surface area contributed by atoms with Crippen LogP contribution in [0.1, 0.15) is 50.7 Å². The van der Waals surface area contributed by atoms with Gasteiger partial charge >= 0.3 is 0 Å². The summed E-state index contributed by atoms with van der Waals surface area (Å²) >= 11 is 0. The molecule has 0 spiro atoms. The van der Waals surface area contributed by atoms with Crippen molar-refractivity contribution >= 4 is 12.2 Å². The number of amides is 1. The number of nitrogens with one attached hydrogen (secondary N) is 1. The molecule has 15 heavy (non-hydrogen) atoms. The standard InChI is InChI=1S/C12H11NO2/c14-6-7-4-8-2-1-3-10-11(8)9(5-7)12(15)13-10/h4-6,10H,1-3H2,(H,13,15). The third-order valence-electron chi connectivity index (χ3n) is 3.26. The Labute approximate surface area is 87.5 Å². The van der Waals surface area contributed by atoms with Crippen LogP contribution in [0.15, 0.2) is 12.1 Å². The first kappa shape index (κ1) is 8.65. The lowest BCUT2D eigenvalue weighted by Gasteiger charge is -2.20. The van der Waals surface area contributed by atoms with E-state index in [0.717, 1.165) is 31.1 Å². The molecule has 1 atom stereocenters. The van der Waals surface area contributed by atoms with Crippen molar-refractivity contribution in [3.8, 4) is 0 Å². The second-order valence-corrected chi connectivity index (χ2v) is 4.18. The number of hydrogen-bond acceptors (Lipinski definition) is 2. The average molecular weight is 201 g/mol. The quantitative estimate of drug-likeness (QED) is 0.702. The highest BCUT2D eigenvalue weighted by Crippen LogP contribution is 2.37. The van der Waals surface area contributed by atoms with E-state index in [-0.39, 0.29) is 11.9 Å². The Balaban J connectivity index is 2.27. The molecule has 1 aromatic rings. The van der Waals surface area contributed by atoms with Crippen LogP contribution < -0.4 is 5.32 Å². The topological polar surface area (TPSA) is 46.2 Å². The predicted molar refractivity (Wildman–Crippen MR) is 55.0 cm³/mol. The van der Waals surface area contributed by atoms with Gasteiger partial charge in [-0.2, -0.15) is 0 Å². The fraction of sp³-hybridized carbons (Fsp3) is 0.333. The van der Waals surface area contributed by atoms with Gasteiger partial charge in [-0.25, -0.2) is 0 Å². The minimum Gasteiger partial charge on any atom is -0.345 e. The van der Waals surface area contributed by atoms with Crippen LogP contribution in [-0.4, -0.2) is 12.2 Å². The summed E-state index contributed by atoms with van der Waals surface area (Å²) in [4.78, 5) is 22.4. The molecule has 1 aliphatic heterocycles. The first-order valence-electron chi connectivity index (χ1n) is 5.22. The van der Waals surface area contributed by atoms with Gasteiger partial charge in [0.2, 0.25) is 0 Å². The van der Waals surface area contributed by atoms with E-state index in [1.165, 1.54) is 5.56 Å². The van der Waals surface area contributed by atoms with E-state index in [2.05, 4.69) is 5.32 Å². The smallest absolute Gasteiger partial charge is 0.252 e. The highest BCUT2D eigenvalue weighted by molar-refractivity contribution is 6.01. The monoisotopic (exact) mass is 201 g/mol. The van der Waals surface area contributed by atoms with Crippen molar-refractivity contribution in [2.45, 2.75) is 25.3 Å². The van der Waals surface area contributed by atoms with E-state index in [4.69, 9.17) is 0 Å². The normalized spacial score (nSPS) is 22.1. The fourth-order valence-corrected chi connectivity index (χ4v) is 2.63. The van der Waals surface area contributed by atoms with Crippen molar-refractivity contribution in [1.29, 1.82) is 0 Å². The van der Waals surface area contributed by atoms with Gasteiger partial charge in [0.15, 0.2) is 0 Å². The molecule has 1 N–H and O–H groups in total. The lowest BCUT2D eigenvalue weighted by atomic mass is 9.86. The van der Waals surface area contributed by atoms with Gasteiger partial charge in [0.25, 0.3) is 5.91 Å². The van der Waals surface area contributed by atoms with Crippen LogP contribution >= 0.6 is 0 Å². The van der Waals surface area contributed by atoms with Crippen molar-refractivity contribution in [2.24, 2.45) is 0 Å². The van der Waals surface area contributed by atoms with Gasteiger partial charge in [-0.05, 0) is 42.5 Å². The van der Waals surface area contributed by atoms with Crippen molar-refractivity contribution in [1.82, 2.24) is 5.32 Å². The Morgan fingerprint density at radius 3 is 3.07 bits per heavy atom. The summed E-state index contributed by atoms with van der Waals surface area (Å²) in [7, 11) is 0. The van der Waals surface area contributed by atoms with Crippen LogP contribution in [0.4, 0.5) is 0 Å². The van der Waals surface area contributed by atoms with Gasteiger partial charge in [0.05, 0.1) is 6.04 Å². The largest absolute Gasteiger partial charge is 0.345 e. The molecule has 0 radical (unpaired) electrons. The van der Waals surface area contributed by atoms with E-state index in [0.29, 0.717) is 11.1 Å². The maximum atomic E-state index is 11.7. The van der Waals surface area contributed by atoms with Gasteiger partial charge < -0.3 is 5.32 Å². The minimum absolute atomic E-state index is 0.0261. The van der Waals surface area contributed by atoms with Crippen molar-refractivity contribution in [2.75, 3.05) is 0 Å². The number of hydrogen-bond donors (Lipinski definition) is 1. The van der Waals surface area contributed by atoms with Crippen LogP contribution in [0.2, 0.25) is 0 Å². The zero-order chi connectivity index (χ0) is 10.4. The molecule has 3 nitrogen and oxygen atoms in total. The molecule has 0 bridgehead atoms. The van der Waals surface area contributed by atoms with Crippen LogP contribution in [0.5, 0.6) is 0 Å². The summed E-state index contributed by atoms with van der Waals surface area (Å²) in [5.41, 5.74) is 3.63. The zero-order valence-corrected chi connectivity index (χ0v) is 8.25. The van der Waals surface area contributed by atoms with Crippen LogP contribution in [0.3, 0.4) is 0 Å². The number of aldehydes is 1. The highest BCUT2D eigenvalue weighted by atomic mass is 16.2. The molecular weight excluding hydrogens is 190 g/mol. The van der Waals surface area contributed by atoms with E-state index in [1.807, 2.05) is 6.07 Å². The molecule has 1 aromatic carbocycles. The lowest BCUT2D eigenvalue weighted by molar-refractivity contribution is 0.0954. The third-order valence-corrected chi connectivity index (χ3v) is 3.26. The second kappa shape index (κ2) is 2.92. The summed E-state index contributed by atoms with van der Waals surface area (Å²) in [6, 6.07) is 3.81. The zero-order valence-electron chi connectivity index (χ0n) is 8.25. The number of rotatable bonds is 1. The van der Waals surface area contributed by atoms with Gasteiger partial charge in [-0.1, -0.05) is 0 Å². The number of aryl methyl sites for hydroxylation is 1. The predicted octanol–water partition coefficient (Wildman–Crippen LogP) is 1.62. The minimum atomic E-state index is -0.0261. The Bertz CT molecular complexity index is 465. The Morgan fingerprint density at radius 2 is 2.27 bits per heavy atom. The Morgan fingerprint density at radius 1 is 1.40 bits per heavy atom. The molecule has 0 saturated carbocycles. The third kappa shape index (κ3) is 1.12. The molecule has 3 heteroatoms. The lowest BCUT2D eigenvalue weighted by Crippen LogP contribution is -2.20. The maximum Gasteiger partial charge on any atom is 0.252 e. The summed E-state index contributed by atoms with van der Waals surface area (Å²) in [5, 5.41) is 2.96. The van der Waals surface area contributed by atoms with E-state index >= 15 is 0 Å². The molecule has 1 heterocycles. The van der Waals surface area contributed by atoms with Crippen LogP contribution in [0.25, 0.3) is 0 Å². The van der Waals surface area contributed by atoms with Crippen molar-refractivity contribution in [3.63, 3.8) is 0 Å². The molecule has 76 valence electrons. The van der Waals surface area contributed by atoms with Gasteiger partial charge in [-0.3, -0.25) is 9.59 Å². The molecular formula is C12H11NO2. The van der Waals surface area contributed by atoms with Crippen LogP contribution in [-0.2, 0) is 6.42 Å². The Kier molecular flexibility index (Phi) is 1.69. The average Bonchev–Trinajstić information content (AvgIpc) is 2.58. The highest BCUT2D eigenvalue weighted by Gasteiger charge is 2.33. The first-order valence-corrected chi connectivity index (χ1v) is 5.22. The summed E-state index contributed by atoms with van der Waals surface area (Å²) in [5.74, 6) is -0.0261. The SMILES string of the molecule is O=Cc1cc2c3c(c1)C(=O)NC3CCC2. The molecule has 0 saturated heterocycles. The molecule has 0 aromatic heterocycles. The number of benzene rings is 1. The maximum absolute atomic E-state index is 11.7. The molecule has 0 fully saturated rings. The van der Waals surface area contributed by atoms with Gasteiger partial charge in [-0.15, -0.1) is 0 Å². The van der Waals surface area contributed by atoms with Gasteiger partial charge in [0, 0.05) is 11.1 Å². The summed E-state index contributed by atoms with van der Waals surface area (Å²) in [6.07, 6.45) is 3.90. The molecule has 1 amide bonds. The Hall–Kier alpha value is -1.64. The first-order chi connectivity index (χ1) is 7.29.